The van der Waals surface area contributed by atoms with Crippen LogP contribution in [0.2, 0.25) is 0 Å². The number of hydrogen-bond acceptors (Lipinski definition) is 6. The van der Waals surface area contributed by atoms with Crippen LogP contribution in [-0.2, 0) is 9.09 Å². The molecule has 0 amide bonds. The van der Waals surface area contributed by atoms with Gasteiger partial charge in [-0.2, -0.15) is 0 Å². The van der Waals surface area contributed by atoms with Gasteiger partial charge in [-0.1, -0.05) is 0 Å². The van der Waals surface area contributed by atoms with E-state index in [-0.39, 0.29) is 17.9 Å². The minimum atomic E-state index is -4.44. The van der Waals surface area contributed by atoms with Crippen molar-refractivity contribution in [3.63, 3.8) is 0 Å². The first-order chi connectivity index (χ1) is 9.63. The maximum atomic E-state index is 11.6. The van der Waals surface area contributed by atoms with Crippen LogP contribution in [0.3, 0.4) is 0 Å². The standard InChI is InChI=1S/C13H20NO6P/c1-14(2,3)8-9-19-21(17,18)20-12-6-4-11(5-7-12)13(16)10-15/h4-7,15H,8-10H2,1-3H3. The molecule has 7 nitrogen and oxygen atoms in total. The largest absolute Gasteiger partial charge is 0.746 e. The van der Waals surface area contributed by atoms with Gasteiger partial charge in [0.15, 0.2) is 5.78 Å². The Balaban J connectivity index is 2.59. The van der Waals surface area contributed by atoms with Gasteiger partial charge in [-0.05, 0) is 24.3 Å². The Bertz CT molecular complexity index is 522. The van der Waals surface area contributed by atoms with Crippen molar-refractivity contribution in [1.82, 2.24) is 0 Å². The minimum Gasteiger partial charge on any atom is -0.746 e. The molecule has 0 aliphatic rings. The van der Waals surface area contributed by atoms with Gasteiger partial charge in [0.2, 0.25) is 0 Å². The van der Waals surface area contributed by atoms with Crippen LogP contribution in [0.25, 0.3) is 0 Å². The number of nitrogens with zero attached hydrogens (tertiary/aromatic N) is 1. The third-order valence-corrected chi connectivity index (χ3v) is 3.48. The number of carbonyl (C=O) groups excluding carboxylic acids is 1. The first kappa shape index (κ1) is 17.8. The van der Waals surface area contributed by atoms with Crippen molar-refractivity contribution in [1.29, 1.82) is 0 Å². The minimum absolute atomic E-state index is 0.0192. The summed E-state index contributed by atoms with van der Waals surface area (Å²) in [7, 11) is 1.30. The molecule has 0 saturated carbocycles. The second kappa shape index (κ2) is 7.15. The molecule has 0 saturated heterocycles. The molecule has 1 atom stereocenters. The number of phosphoric acid groups is 1. The van der Waals surface area contributed by atoms with Gasteiger partial charge in [0.05, 0.1) is 21.1 Å². The third kappa shape index (κ3) is 6.84. The van der Waals surface area contributed by atoms with E-state index in [0.29, 0.717) is 11.0 Å². The van der Waals surface area contributed by atoms with Gasteiger partial charge in [0, 0.05) is 5.56 Å². The Morgan fingerprint density at radius 1 is 1.29 bits per heavy atom. The highest BCUT2D eigenvalue weighted by molar-refractivity contribution is 7.46. The second-order valence-electron chi connectivity index (χ2n) is 5.49. The van der Waals surface area contributed by atoms with Crippen molar-refractivity contribution in [2.24, 2.45) is 0 Å². The summed E-state index contributed by atoms with van der Waals surface area (Å²) < 4.78 is 21.7. The first-order valence-electron chi connectivity index (χ1n) is 6.33. The summed E-state index contributed by atoms with van der Waals surface area (Å²) in [6.07, 6.45) is 0. The fourth-order valence-corrected chi connectivity index (χ4v) is 2.11. The summed E-state index contributed by atoms with van der Waals surface area (Å²) in [6.45, 7) is -0.0701. The second-order valence-corrected chi connectivity index (χ2v) is 6.83. The van der Waals surface area contributed by atoms with E-state index in [4.69, 9.17) is 14.2 Å². The molecule has 0 bridgehead atoms. The van der Waals surface area contributed by atoms with Gasteiger partial charge in [0.25, 0.3) is 0 Å². The molecule has 1 aromatic rings. The predicted octanol–water partition coefficient (Wildman–Crippen LogP) is 0.432. The summed E-state index contributed by atoms with van der Waals surface area (Å²) >= 11 is 0. The predicted molar refractivity (Wildman–Crippen MR) is 74.9 cm³/mol. The van der Waals surface area contributed by atoms with E-state index in [2.05, 4.69) is 0 Å². The zero-order valence-corrected chi connectivity index (χ0v) is 13.2. The van der Waals surface area contributed by atoms with Gasteiger partial charge < -0.3 is 23.5 Å². The highest BCUT2D eigenvalue weighted by Crippen LogP contribution is 2.39. The number of Topliss-reactive ketones (excluding diaryl/α,β-unsaturated/α-hetero) is 1. The Labute approximate surface area is 123 Å². The molecular weight excluding hydrogens is 297 g/mol. The number of rotatable bonds is 8. The number of likely N-dealkylation sites (N-methyl/N-ethyl adjacent to an activating group) is 1. The van der Waals surface area contributed by atoms with Crippen molar-refractivity contribution in [2.45, 2.75) is 0 Å². The van der Waals surface area contributed by atoms with Gasteiger partial charge in [0.1, 0.15) is 25.5 Å². The van der Waals surface area contributed by atoms with Crippen LogP contribution in [0.1, 0.15) is 10.4 Å². The van der Waals surface area contributed by atoms with Gasteiger partial charge in [-0.15, -0.1) is 0 Å². The smallest absolute Gasteiger partial charge is 0.319 e. The first-order valence-corrected chi connectivity index (χ1v) is 7.79. The number of quaternary nitrogens is 1. The Morgan fingerprint density at radius 3 is 2.33 bits per heavy atom. The summed E-state index contributed by atoms with van der Waals surface area (Å²) in [5, 5.41) is 8.71. The summed E-state index contributed by atoms with van der Waals surface area (Å²) in [5.41, 5.74) is 0.275. The number of aliphatic hydroxyl groups is 1. The van der Waals surface area contributed by atoms with Crippen LogP contribution in [0.15, 0.2) is 24.3 Å². The van der Waals surface area contributed by atoms with E-state index in [0.717, 1.165) is 0 Å². The van der Waals surface area contributed by atoms with Crippen LogP contribution in [-0.4, -0.2) is 56.3 Å². The number of ketones is 1. The molecule has 1 N–H and O–H groups in total. The fraction of sp³-hybridized carbons (Fsp3) is 0.462. The Kier molecular flexibility index (Phi) is 6.07. The van der Waals surface area contributed by atoms with E-state index < -0.39 is 20.2 Å². The van der Waals surface area contributed by atoms with Crippen LogP contribution in [0, 0.1) is 0 Å². The van der Waals surface area contributed by atoms with Crippen LogP contribution in [0.5, 0.6) is 5.75 Å². The van der Waals surface area contributed by atoms with Crippen LogP contribution >= 0.6 is 7.82 Å². The number of carbonyl (C=O) groups is 1. The van der Waals surface area contributed by atoms with Crippen molar-refractivity contribution in [3.8, 4) is 5.75 Å². The van der Waals surface area contributed by atoms with Crippen LogP contribution in [0.4, 0.5) is 0 Å². The van der Waals surface area contributed by atoms with E-state index in [1.807, 2.05) is 21.1 Å². The lowest BCUT2D eigenvalue weighted by Gasteiger charge is -2.27. The Morgan fingerprint density at radius 2 is 1.86 bits per heavy atom. The monoisotopic (exact) mass is 317 g/mol. The molecule has 0 aliphatic carbocycles. The molecule has 0 heterocycles. The molecule has 0 aliphatic heterocycles. The topological polar surface area (TPSA) is 95.9 Å². The number of benzene rings is 1. The highest BCUT2D eigenvalue weighted by Gasteiger charge is 2.15. The zero-order valence-electron chi connectivity index (χ0n) is 12.3. The van der Waals surface area contributed by atoms with Crippen molar-refractivity contribution >= 4 is 13.6 Å². The Hall–Kier alpha value is -1.24. The average Bonchev–Trinajstić information content (AvgIpc) is 2.36. The fourth-order valence-electron chi connectivity index (χ4n) is 1.37. The number of hydrogen-bond donors (Lipinski definition) is 1. The molecule has 1 unspecified atom stereocenters. The third-order valence-electron chi connectivity index (χ3n) is 2.55. The summed E-state index contributed by atoms with van der Waals surface area (Å²) in [6, 6.07) is 5.41. The molecule has 1 aromatic carbocycles. The molecule has 0 aromatic heterocycles. The average molecular weight is 317 g/mol. The van der Waals surface area contributed by atoms with Gasteiger partial charge >= 0.3 is 7.82 Å². The lowest BCUT2D eigenvalue weighted by atomic mass is 10.1. The van der Waals surface area contributed by atoms with E-state index in [1.54, 1.807) is 0 Å². The van der Waals surface area contributed by atoms with E-state index >= 15 is 0 Å². The van der Waals surface area contributed by atoms with Gasteiger partial charge in [-0.25, -0.2) is 0 Å². The molecule has 0 radical (unpaired) electrons. The lowest BCUT2D eigenvalue weighted by molar-refractivity contribution is -0.870. The molecule has 8 heteroatoms. The number of aliphatic hydroxyl groups excluding tert-OH is 1. The molecule has 118 valence electrons. The zero-order chi connectivity index (χ0) is 16.1. The molecule has 0 fully saturated rings. The maximum absolute atomic E-state index is 11.6. The molecule has 0 spiro atoms. The van der Waals surface area contributed by atoms with Gasteiger partial charge in [-0.3, -0.25) is 9.36 Å². The quantitative estimate of drug-likeness (QED) is 0.424. The normalized spacial score (nSPS) is 14.5. The molecule has 21 heavy (non-hydrogen) atoms. The molecular formula is C13H20NO6P. The highest BCUT2D eigenvalue weighted by atomic mass is 31.2. The summed E-state index contributed by atoms with van der Waals surface area (Å²) in [4.78, 5) is 22.8. The van der Waals surface area contributed by atoms with Crippen molar-refractivity contribution < 1.29 is 32.9 Å². The molecule has 1 rings (SSSR count). The number of phosphoric ester groups is 1. The maximum Gasteiger partial charge on any atom is 0.319 e. The summed E-state index contributed by atoms with van der Waals surface area (Å²) in [5.74, 6) is -0.404. The van der Waals surface area contributed by atoms with Crippen molar-refractivity contribution in [3.05, 3.63) is 29.8 Å². The SMILES string of the molecule is C[N+](C)(C)CCOP(=O)([O-])Oc1ccc(C(=O)CO)cc1. The van der Waals surface area contributed by atoms with E-state index in [1.165, 1.54) is 24.3 Å². The van der Waals surface area contributed by atoms with Crippen molar-refractivity contribution in [2.75, 3.05) is 40.9 Å². The van der Waals surface area contributed by atoms with Crippen LogP contribution < -0.4 is 9.42 Å². The lowest BCUT2D eigenvalue weighted by Crippen LogP contribution is -2.37. The van der Waals surface area contributed by atoms with E-state index in [9.17, 15) is 14.3 Å².